The molecule has 0 aliphatic rings. The van der Waals surface area contributed by atoms with Crippen LogP contribution in [0, 0.1) is 11.3 Å². The van der Waals surface area contributed by atoms with E-state index < -0.39 is 5.91 Å². The molecule has 5 nitrogen and oxygen atoms in total. The number of phenolic OH excluding ortho intramolecular Hbond substituents is 1. The molecule has 1 aromatic heterocycles. The highest BCUT2D eigenvalue weighted by Crippen LogP contribution is 2.21. The van der Waals surface area contributed by atoms with E-state index in [1.54, 1.807) is 35.8 Å². The molecule has 0 bridgehead atoms. The lowest BCUT2D eigenvalue weighted by Crippen LogP contribution is -2.29. The molecule has 118 valence electrons. The van der Waals surface area contributed by atoms with E-state index in [1.807, 2.05) is 13.0 Å². The first-order valence-electron chi connectivity index (χ1n) is 7.25. The van der Waals surface area contributed by atoms with Gasteiger partial charge in [0.05, 0.1) is 6.04 Å². The SMILES string of the molecule is CCCC(NC(=O)/C(C#N)=C/c1nccs1)c1ccc(O)cc1. The van der Waals surface area contributed by atoms with Crippen molar-refractivity contribution in [3.8, 4) is 11.8 Å². The zero-order valence-electron chi connectivity index (χ0n) is 12.7. The molecule has 1 unspecified atom stereocenters. The maximum Gasteiger partial charge on any atom is 0.262 e. The number of nitrogens with zero attached hydrogens (tertiary/aromatic N) is 2. The summed E-state index contributed by atoms with van der Waals surface area (Å²) < 4.78 is 0. The van der Waals surface area contributed by atoms with Crippen LogP contribution in [0.1, 0.15) is 36.4 Å². The summed E-state index contributed by atoms with van der Waals surface area (Å²) >= 11 is 1.36. The molecular weight excluding hydrogens is 310 g/mol. The zero-order chi connectivity index (χ0) is 16.7. The molecule has 23 heavy (non-hydrogen) atoms. The van der Waals surface area contributed by atoms with Gasteiger partial charge in [0.15, 0.2) is 0 Å². The molecule has 0 spiro atoms. The number of rotatable bonds is 6. The Bertz CT molecular complexity index is 715. The van der Waals surface area contributed by atoms with Gasteiger partial charge in [0.2, 0.25) is 0 Å². The van der Waals surface area contributed by atoms with Gasteiger partial charge in [0.25, 0.3) is 5.91 Å². The Hall–Kier alpha value is -2.65. The van der Waals surface area contributed by atoms with Crippen molar-refractivity contribution < 1.29 is 9.90 Å². The van der Waals surface area contributed by atoms with Crippen molar-refractivity contribution in [1.29, 1.82) is 5.26 Å². The average molecular weight is 327 g/mol. The van der Waals surface area contributed by atoms with Crippen LogP contribution in [0.2, 0.25) is 0 Å². The molecule has 0 saturated carbocycles. The third-order valence-electron chi connectivity index (χ3n) is 3.26. The summed E-state index contributed by atoms with van der Waals surface area (Å²) in [5, 5.41) is 23.9. The number of hydrogen-bond donors (Lipinski definition) is 2. The van der Waals surface area contributed by atoms with E-state index in [2.05, 4.69) is 10.3 Å². The smallest absolute Gasteiger partial charge is 0.262 e. The molecule has 2 N–H and O–H groups in total. The summed E-state index contributed by atoms with van der Waals surface area (Å²) in [4.78, 5) is 16.4. The normalized spacial score (nSPS) is 12.4. The van der Waals surface area contributed by atoms with E-state index in [-0.39, 0.29) is 17.4 Å². The Morgan fingerprint density at radius 3 is 2.78 bits per heavy atom. The first kappa shape index (κ1) is 16.7. The topological polar surface area (TPSA) is 86.0 Å². The van der Waals surface area contributed by atoms with Crippen molar-refractivity contribution in [2.45, 2.75) is 25.8 Å². The predicted molar refractivity (Wildman–Crippen MR) is 89.6 cm³/mol. The molecule has 0 aliphatic heterocycles. The summed E-state index contributed by atoms with van der Waals surface area (Å²) in [5.41, 5.74) is 0.921. The molecule has 0 fully saturated rings. The minimum Gasteiger partial charge on any atom is -0.508 e. The Morgan fingerprint density at radius 2 is 2.22 bits per heavy atom. The highest BCUT2D eigenvalue weighted by molar-refractivity contribution is 7.10. The number of amides is 1. The van der Waals surface area contributed by atoms with Gasteiger partial charge in [-0.1, -0.05) is 25.5 Å². The van der Waals surface area contributed by atoms with Gasteiger partial charge >= 0.3 is 0 Å². The second-order valence-electron chi connectivity index (χ2n) is 4.95. The monoisotopic (exact) mass is 327 g/mol. The van der Waals surface area contributed by atoms with E-state index in [0.717, 1.165) is 18.4 Å². The van der Waals surface area contributed by atoms with Gasteiger partial charge in [-0.2, -0.15) is 5.26 Å². The van der Waals surface area contributed by atoms with Crippen molar-refractivity contribution in [3.63, 3.8) is 0 Å². The second-order valence-corrected chi connectivity index (χ2v) is 5.87. The van der Waals surface area contributed by atoms with Crippen molar-refractivity contribution in [3.05, 3.63) is 52.0 Å². The van der Waals surface area contributed by atoms with Gasteiger partial charge in [-0.15, -0.1) is 11.3 Å². The van der Waals surface area contributed by atoms with Gasteiger partial charge in [0, 0.05) is 11.6 Å². The van der Waals surface area contributed by atoms with Crippen molar-refractivity contribution in [2.75, 3.05) is 0 Å². The standard InChI is InChI=1S/C17H17N3O2S/c1-2-3-15(12-4-6-14(21)7-5-12)20-17(22)13(11-18)10-16-19-8-9-23-16/h4-10,15,21H,2-3H2,1H3,(H,20,22)/b13-10+. The maximum atomic E-state index is 12.4. The maximum absolute atomic E-state index is 12.4. The van der Waals surface area contributed by atoms with Crippen LogP contribution in [0.15, 0.2) is 41.4 Å². The average Bonchev–Trinajstić information content (AvgIpc) is 3.06. The third kappa shape index (κ3) is 4.66. The number of aromatic hydroxyl groups is 1. The number of aromatic nitrogens is 1. The molecule has 6 heteroatoms. The lowest BCUT2D eigenvalue weighted by atomic mass is 10.0. The Kier molecular flexibility index (Phi) is 5.89. The fourth-order valence-corrected chi connectivity index (χ4v) is 2.70. The van der Waals surface area contributed by atoms with Crippen LogP contribution in [-0.2, 0) is 4.79 Å². The van der Waals surface area contributed by atoms with Crippen molar-refractivity contribution >= 4 is 23.3 Å². The molecule has 0 radical (unpaired) electrons. The van der Waals surface area contributed by atoms with E-state index in [9.17, 15) is 15.2 Å². The summed E-state index contributed by atoms with van der Waals surface area (Å²) in [7, 11) is 0. The first-order chi connectivity index (χ1) is 11.1. The number of thiazole rings is 1. The largest absolute Gasteiger partial charge is 0.508 e. The molecule has 1 amide bonds. The number of nitrogens with one attached hydrogen (secondary N) is 1. The van der Waals surface area contributed by atoms with E-state index in [1.165, 1.54) is 17.4 Å². The van der Waals surface area contributed by atoms with Gasteiger partial charge in [-0.3, -0.25) is 4.79 Å². The minimum absolute atomic E-state index is 0.0276. The summed E-state index contributed by atoms with van der Waals surface area (Å²) in [6.45, 7) is 2.02. The molecule has 1 aromatic carbocycles. The fraction of sp³-hybridized carbons (Fsp3) is 0.235. The lowest BCUT2D eigenvalue weighted by molar-refractivity contribution is -0.117. The Labute approximate surface area is 138 Å². The third-order valence-corrected chi connectivity index (χ3v) is 3.98. The number of benzene rings is 1. The molecule has 0 saturated heterocycles. The lowest BCUT2D eigenvalue weighted by Gasteiger charge is -2.18. The molecule has 2 rings (SSSR count). The van der Waals surface area contributed by atoms with Crippen molar-refractivity contribution in [1.82, 2.24) is 10.3 Å². The fourth-order valence-electron chi connectivity index (χ4n) is 2.13. The second kappa shape index (κ2) is 8.11. The van der Waals surface area contributed by atoms with Crippen molar-refractivity contribution in [2.24, 2.45) is 0 Å². The molecular formula is C17H17N3O2S. The zero-order valence-corrected chi connectivity index (χ0v) is 13.5. The molecule has 0 aliphatic carbocycles. The Balaban J connectivity index is 2.17. The number of nitriles is 1. The number of carbonyl (C=O) groups excluding carboxylic acids is 1. The van der Waals surface area contributed by atoms with Crippen LogP contribution in [-0.4, -0.2) is 16.0 Å². The quantitative estimate of drug-likeness (QED) is 0.629. The van der Waals surface area contributed by atoms with Gasteiger partial charge in [-0.05, 0) is 30.2 Å². The molecule has 1 heterocycles. The van der Waals surface area contributed by atoms with Crippen LogP contribution in [0.5, 0.6) is 5.75 Å². The van der Waals surface area contributed by atoms with Gasteiger partial charge < -0.3 is 10.4 Å². The van der Waals surface area contributed by atoms with Crippen LogP contribution in [0.3, 0.4) is 0 Å². The van der Waals surface area contributed by atoms with E-state index in [0.29, 0.717) is 5.01 Å². The van der Waals surface area contributed by atoms with Crippen LogP contribution in [0.25, 0.3) is 6.08 Å². The van der Waals surface area contributed by atoms with Crippen LogP contribution < -0.4 is 5.32 Å². The van der Waals surface area contributed by atoms with E-state index in [4.69, 9.17) is 0 Å². The number of carbonyl (C=O) groups is 1. The van der Waals surface area contributed by atoms with Crippen LogP contribution >= 0.6 is 11.3 Å². The van der Waals surface area contributed by atoms with E-state index >= 15 is 0 Å². The first-order valence-corrected chi connectivity index (χ1v) is 8.13. The van der Waals surface area contributed by atoms with Gasteiger partial charge in [0.1, 0.15) is 22.4 Å². The number of hydrogen-bond acceptors (Lipinski definition) is 5. The summed E-state index contributed by atoms with van der Waals surface area (Å²) in [6.07, 6.45) is 4.73. The predicted octanol–water partition coefficient (Wildman–Crippen LogP) is 3.41. The highest BCUT2D eigenvalue weighted by Gasteiger charge is 2.17. The summed E-state index contributed by atoms with van der Waals surface area (Å²) in [6, 6.07) is 8.43. The number of phenols is 1. The highest BCUT2D eigenvalue weighted by atomic mass is 32.1. The van der Waals surface area contributed by atoms with Gasteiger partial charge in [-0.25, -0.2) is 4.98 Å². The molecule has 2 aromatic rings. The minimum atomic E-state index is -0.422. The summed E-state index contributed by atoms with van der Waals surface area (Å²) in [5.74, 6) is -0.245. The molecule has 1 atom stereocenters. The Morgan fingerprint density at radius 1 is 1.48 bits per heavy atom. The van der Waals surface area contributed by atoms with Crippen LogP contribution in [0.4, 0.5) is 0 Å².